The molecule has 1 aliphatic rings. The molecule has 1 N–H and O–H groups in total. The van der Waals surface area contributed by atoms with Crippen molar-refractivity contribution in [2.24, 2.45) is 0 Å². The van der Waals surface area contributed by atoms with Crippen molar-refractivity contribution in [3.8, 4) is 0 Å². The normalized spacial score (nSPS) is 14.1. The van der Waals surface area contributed by atoms with Crippen LogP contribution in [0.25, 0.3) is 16.5 Å². The van der Waals surface area contributed by atoms with Crippen LogP contribution in [-0.4, -0.2) is 0 Å². The summed E-state index contributed by atoms with van der Waals surface area (Å²) >= 11 is 0. The molecule has 2 heteroatoms. The Morgan fingerprint density at radius 3 is 2.69 bits per heavy atom. The fourth-order valence-electron chi connectivity index (χ4n) is 1.91. The molecule has 0 spiro atoms. The summed E-state index contributed by atoms with van der Waals surface area (Å²) < 4.78 is 0. The predicted molar refractivity (Wildman–Crippen MR) is 65.3 cm³/mol. The second-order valence-electron chi connectivity index (χ2n) is 3.66. The first kappa shape index (κ1) is 9.04. The Bertz CT molecular complexity index is 579. The molecule has 16 heavy (non-hydrogen) atoms. The van der Waals surface area contributed by atoms with Gasteiger partial charge in [-0.2, -0.15) is 0 Å². The van der Waals surface area contributed by atoms with Gasteiger partial charge >= 0.3 is 0 Å². The van der Waals surface area contributed by atoms with E-state index in [0.717, 1.165) is 11.3 Å². The highest BCUT2D eigenvalue weighted by Gasteiger charge is 2.06. The van der Waals surface area contributed by atoms with Crippen LogP contribution in [0.15, 0.2) is 60.9 Å². The summed E-state index contributed by atoms with van der Waals surface area (Å²) in [6, 6.07) is 14.6. The molecule has 0 amide bonds. The van der Waals surface area contributed by atoms with E-state index in [1.165, 1.54) is 10.8 Å². The number of allylic oxidation sites excluding steroid dienone is 2. The van der Waals surface area contributed by atoms with Gasteiger partial charge in [-0.15, -0.1) is 0 Å². The van der Waals surface area contributed by atoms with Crippen molar-refractivity contribution >= 4 is 16.5 Å². The smallest absolute Gasteiger partial charge is 0.119 e. The molecule has 78 valence electrons. The van der Waals surface area contributed by atoms with Gasteiger partial charge < -0.3 is 4.84 Å². The second kappa shape index (κ2) is 3.74. The maximum atomic E-state index is 5.09. The van der Waals surface area contributed by atoms with Crippen LogP contribution in [0.5, 0.6) is 0 Å². The van der Waals surface area contributed by atoms with Crippen LogP contribution in [-0.2, 0) is 4.84 Å². The number of hydrogen-bond donors (Lipinski definition) is 1. The highest BCUT2D eigenvalue weighted by Crippen LogP contribution is 2.24. The predicted octanol–water partition coefficient (Wildman–Crippen LogP) is 3.23. The summed E-state index contributed by atoms with van der Waals surface area (Å²) in [5, 5.41) is 2.46. The molecule has 0 atom stereocenters. The number of rotatable bonds is 1. The molecule has 1 heterocycles. The molecule has 0 saturated carbocycles. The van der Waals surface area contributed by atoms with Crippen molar-refractivity contribution in [3.05, 3.63) is 66.4 Å². The van der Waals surface area contributed by atoms with Gasteiger partial charge in [-0.3, -0.25) is 0 Å². The standard InChI is InChI=1S/C14H11NO/c1-2-7-12-11(5-1)6-3-8-13(12)14-9-4-10-16-15-14/h1-10,15H. The van der Waals surface area contributed by atoms with Crippen molar-refractivity contribution in [3.63, 3.8) is 0 Å². The Hall–Kier alpha value is -2.22. The molecular weight excluding hydrogens is 198 g/mol. The zero-order chi connectivity index (χ0) is 10.8. The third-order valence-electron chi connectivity index (χ3n) is 2.66. The number of hydrogen-bond acceptors (Lipinski definition) is 2. The minimum absolute atomic E-state index is 0.985. The van der Waals surface area contributed by atoms with Gasteiger partial charge in [0.15, 0.2) is 0 Å². The molecular formula is C14H11NO. The lowest BCUT2D eigenvalue weighted by molar-refractivity contribution is 0.182. The third-order valence-corrected chi connectivity index (χ3v) is 2.66. The topological polar surface area (TPSA) is 21.3 Å². The highest BCUT2D eigenvalue weighted by atomic mass is 16.6. The Kier molecular flexibility index (Phi) is 2.11. The zero-order valence-electron chi connectivity index (χ0n) is 8.68. The molecule has 2 aromatic carbocycles. The Labute approximate surface area is 93.8 Å². The van der Waals surface area contributed by atoms with E-state index in [0.29, 0.717) is 0 Å². The number of fused-ring (bicyclic) bond motifs is 1. The maximum Gasteiger partial charge on any atom is 0.119 e. The summed E-state index contributed by atoms with van der Waals surface area (Å²) in [6.45, 7) is 0. The molecule has 2 nitrogen and oxygen atoms in total. The minimum atomic E-state index is 0.985. The van der Waals surface area contributed by atoms with Crippen LogP contribution in [0.1, 0.15) is 5.56 Å². The third kappa shape index (κ3) is 1.44. The number of benzene rings is 2. The van der Waals surface area contributed by atoms with Gasteiger partial charge in [-0.1, -0.05) is 42.5 Å². The molecule has 0 unspecified atom stereocenters. The maximum absolute atomic E-state index is 5.09. The van der Waals surface area contributed by atoms with Gasteiger partial charge in [0, 0.05) is 5.56 Å². The zero-order valence-corrected chi connectivity index (χ0v) is 8.68. The highest BCUT2D eigenvalue weighted by molar-refractivity contribution is 5.93. The van der Waals surface area contributed by atoms with E-state index in [1.54, 1.807) is 6.26 Å². The van der Waals surface area contributed by atoms with E-state index in [9.17, 15) is 0 Å². The molecule has 1 aliphatic heterocycles. The van der Waals surface area contributed by atoms with E-state index in [-0.39, 0.29) is 0 Å². The van der Waals surface area contributed by atoms with Gasteiger partial charge in [-0.05, 0) is 22.9 Å². The van der Waals surface area contributed by atoms with Crippen molar-refractivity contribution < 1.29 is 4.84 Å². The summed E-state index contributed by atoms with van der Waals surface area (Å²) in [7, 11) is 0. The summed E-state index contributed by atoms with van der Waals surface area (Å²) in [6.07, 6.45) is 5.51. The SMILES string of the molecule is C1=CONC(c2cccc3ccccc23)=C1. The van der Waals surface area contributed by atoms with Crippen LogP contribution in [0.3, 0.4) is 0 Å². The molecule has 0 aromatic heterocycles. The van der Waals surface area contributed by atoms with Crippen LogP contribution < -0.4 is 5.48 Å². The molecule has 2 aromatic rings. The molecule has 0 aliphatic carbocycles. The number of hydroxylamine groups is 1. The van der Waals surface area contributed by atoms with Crippen LogP contribution in [0.2, 0.25) is 0 Å². The van der Waals surface area contributed by atoms with E-state index < -0.39 is 0 Å². The lowest BCUT2D eigenvalue weighted by Gasteiger charge is -2.14. The molecule has 3 rings (SSSR count). The minimum Gasteiger partial charge on any atom is -0.390 e. The van der Waals surface area contributed by atoms with Crippen LogP contribution >= 0.6 is 0 Å². The van der Waals surface area contributed by atoms with Gasteiger partial charge in [0.1, 0.15) is 6.26 Å². The van der Waals surface area contributed by atoms with E-state index >= 15 is 0 Å². The van der Waals surface area contributed by atoms with Crippen LogP contribution in [0, 0.1) is 0 Å². The molecule has 0 fully saturated rings. The first-order chi connectivity index (χ1) is 7.95. The quantitative estimate of drug-likeness (QED) is 0.778. The molecule has 0 bridgehead atoms. The first-order valence-corrected chi connectivity index (χ1v) is 5.22. The average molecular weight is 209 g/mol. The first-order valence-electron chi connectivity index (χ1n) is 5.22. The average Bonchev–Trinajstić information content (AvgIpc) is 2.39. The van der Waals surface area contributed by atoms with Crippen molar-refractivity contribution in [1.29, 1.82) is 0 Å². The van der Waals surface area contributed by atoms with Gasteiger partial charge in [0.2, 0.25) is 0 Å². The second-order valence-corrected chi connectivity index (χ2v) is 3.66. The summed E-state index contributed by atoms with van der Waals surface area (Å²) in [5.41, 5.74) is 5.04. The van der Waals surface area contributed by atoms with Gasteiger partial charge in [0.05, 0.1) is 5.70 Å². The molecule has 0 saturated heterocycles. The number of nitrogens with one attached hydrogen (secondary N) is 1. The monoisotopic (exact) mass is 209 g/mol. The van der Waals surface area contributed by atoms with Crippen molar-refractivity contribution in [1.82, 2.24) is 5.48 Å². The van der Waals surface area contributed by atoms with Crippen LogP contribution in [0.4, 0.5) is 0 Å². The van der Waals surface area contributed by atoms with Gasteiger partial charge in [0.25, 0.3) is 0 Å². The van der Waals surface area contributed by atoms with E-state index in [2.05, 4.69) is 35.8 Å². The van der Waals surface area contributed by atoms with E-state index in [4.69, 9.17) is 4.84 Å². The fourth-order valence-corrected chi connectivity index (χ4v) is 1.91. The van der Waals surface area contributed by atoms with Gasteiger partial charge in [-0.25, -0.2) is 5.48 Å². The van der Waals surface area contributed by atoms with E-state index in [1.807, 2.05) is 24.3 Å². The largest absolute Gasteiger partial charge is 0.390 e. The Balaban J connectivity index is 2.23. The fraction of sp³-hybridized carbons (Fsp3) is 0. The summed E-state index contributed by atoms with van der Waals surface area (Å²) in [4.78, 5) is 5.09. The lowest BCUT2D eigenvalue weighted by Crippen LogP contribution is -2.11. The lowest BCUT2D eigenvalue weighted by atomic mass is 10.0. The van der Waals surface area contributed by atoms with Crippen molar-refractivity contribution in [2.75, 3.05) is 0 Å². The van der Waals surface area contributed by atoms with Crippen molar-refractivity contribution in [2.45, 2.75) is 0 Å². The summed E-state index contributed by atoms with van der Waals surface area (Å²) in [5.74, 6) is 0. The molecule has 0 radical (unpaired) electrons. The Morgan fingerprint density at radius 1 is 0.938 bits per heavy atom. The Morgan fingerprint density at radius 2 is 1.81 bits per heavy atom.